The van der Waals surface area contributed by atoms with Crippen LogP contribution >= 0.6 is 34.4 Å². The van der Waals surface area contributed by atoms with Gasteiger partial charge in [-0.05, 0) is 53.7 Å². The van der Waals surface area contributed by atoms with Crippen LogP contribution in [0.5, 0.6) is 0 Å². The van der Waals surface area contributed by atoms with Crippen LogP contribution in [-0.4, -0.2) is 17.0 Å². The third-order valence-electron chi connectivity index (χ3n) is 3.24. The summed E-state index contributed by atoms with van der Waals surface area (Å²) < 4.78 is 14.1. The van der Waals surface area contributed by atoms with Gasteiger partial charge in [0.2, 0.25) is 0 Å². The summed E-state index contributed by atoms with van der Waals surface area (Å²) in [6.07, 6.45) is 3.53. The molecule has 0 heterocycles. The Morgan fingerprint density at radius 2 is 2.28 bits per heavy atom. The summed E-state index contributed by atoms with van der Waals surface area (Å²) in [5, 5.41) is 4.12. The number of hydrogen-bond donors (Lipinski definition) is 2. The van der Waals surface area contributed by atoms with Crippen LogP contribution in [0.2, 0.25) is 0 Å². The molecule has 1 aromatic rings. The fourth-order valence-corrected chi connectivity index (χ4v) is 4.00. The van der Waals surface area contributed by atoms with Crippen molar-refractivity contribution in [2.24, 2.45) is 0 Å². The van der Waals surface area contributed by atoms with Crippen molar-refractivity contribution < 1.29 is 4.39 Å². The van der Waals surface area contributed by atoms with E-state index in [0.717, 1.165) is 29.5 Å². The molecule has 3 N–H and O–H groups in total. The number of benzene rings is 1. The van der Waals surface area contributed by atoms with E-state index in [-0.39, 0.29) is 5.82 Å². The predicted molar refractivity (Wildman–Crippen MR) is 86.7 cm³/mol. The molecule has 0 radical (unpaired) electrons. The van der Waals surface area contributed by atoms with Crippen LogP contribution in [0.1, 0.15) is 26.2 Å². The van der Waals surface area contributed by atoms with Gasteiger partial charge in [0.05, 0.1) is 14.9 Å². The van der Waals surface area contributed by atoms with E-state index in [0.29, 0.717) is 15.3 Å². The number of halogens is 2. The van der Waals surface area contributed by atoms with Crippen molar-refractivity contribution in [1.29, 1.82) is 0 Å². The van der Waals surface area contributed by atoms with Crippen LogP contribution in [0.4, 0.5) is 15.8 Å². The number of thioether (sulfide) groups is 1. The summed E-state index contributed by atoms with van der Waals surface area (Å²) in [4.78, 5) is 0. The maximum Gasteiger partial charge on any atom is 0.138 e. The van der Waals surface area contributed by atoms with E-state index in [4.69, 9.17) is 5.73 Å². The molecule has 2 unspecified atom stereocenters. The largest absolute Gasteiger partial charge is 0.397 e. The normalized spacial score (nSPS) is 23.3. The van der Waals surface area contributed by atoms with Gasteiger partial charge in [-0.15, -0.1) is 0 Å². The van der Waals surface area contributed by atoms with E-state index in [1.807, 2.05) is 34.4 Å². The Morgan fingerprint density at radius 3 is 3.00 bits per heavy atom. The highest BCUT2D eigenvalue weighted by molar-refractivity contribution is 14.1. The Labute approximate surface area is 125 Å². The van der Waals surface area contributed by atoms with Crippen LogP contribution in [0.3, 0.4) is 0 Å². The lowest BCUT2D eigenvalue weighted by atomic mass is 10.2. The number of nitrogen functional groups attached to an aromatic ring is 1. The Kier molecular flexibility index (Phi) is 5.00. The molecule has 100 valence electrons. The molecule has 0 spiro atoms. The molecule has 1 fully saturated rings. The number of hydrogen-bond acceptors (Lipinski definition) is 3. The second kappa shape index (κ2) is 6.32. The van der Waals surface area contributed by atoms with Crippen molar-refractivity contribution in [1.82, 2.24) is 0 Å². The first kappa shape index (κ1) is 14.2. The zero-order valence-electron chi connectivity index (χ0n) is 10.4. The molecule has 2 atom stereocenters. The average Bonchev–Trinajstić information content (AvgIpc) is 2.74. The monoisotopic (exact) mass is 380 g/mol. The van der Waals surface area contributed by atoms with Crippen LogP contribution in [0, 0.1) is 9.39 Å². The van der Waals surface area contributed by atoms with E-state index in [2.05, 4.69) is 12.2 Å². The minimum absolute atomic E-state index is 0.204. The highest BCUT2D eigenvalue weighted by Crippen LogP contribution is 2.33. The van der Waals surface area contributed by atoms with Gasteiger partial charge in [-0.25, -0.2) is 4.39 Å². The molecule has 1 aromatic carbocycles. The highest BCUT2D eigenvalue weighted by atomic mass is 127. The summed E-state index contributed by atoms with van der Waals surface area (Å²) in [5.41, 5.74) is 7.29. The fourth-order valence-electron chi connectivity index (χ4n) is 2.37. The standard InChI is InChI=1S/C13H18FIN2S/c1-2-18-9-4-3-8(5-9)17-13-6-10(14)11(15)7-12(13)16/h6-9,17H,2-5,16H2,1H3. The summed E-state index contributed by atoms with van der Waals surface area (Å²) in [7, 11) is 0. The number of nitrogens with two attached hydrogens (primary N) is 1. The summed E-state index contributed by atoms with van der Waals surface area (Å²) in [6.45, 7) is 2.19. The van der Waals surface area contributed by atoms with Gasteiger partial charge in [0.25, 0.3) is 0 Å². The Morgan fingerprint density at radius 1 is 1.50 bits per heavy atom. The molecule has 18 heavy (non-hydrogen) atoms. The molecular formula is C13H18FIN2S. The highest BCUT2D eigenvalue weighted by Gasteiger charge is 2.24. The van der Waals surface area contributed by atoms with E-state index >= 15 is 0 Å². The van der Waals surface area contributed by atoms with Gasteiger partial charge in [-0.2, -0.15) is 11.8 Å². The number of nitrogens with one attached hydrogen (secondary N) is 1. The lowest BCUT2D eigenvalue weighted by molar-refractivity contribution is 0.620. The van der Waals surface area contributed by atoms with Crippen molar-refractivity contribution in [2.75, 3.05) is 16.8 Å². The smallest absolute Gasteiger partial charge is 0.138 e. The molecule has 0 aliphatic heterocycles. The summed E-state index contributed by atoms with van der Waals surface area (Å²) in [6, 6.07) is 3.62. The average molecular weight is 380 g/mol. The molecular weight excluding hydrogens is 362 g/mol. The molecule has 1 saturated carbocycles. The summed E-state index contributed by atoms with van der Waals surface area (Å²) in [5.74, 6) is 0.960. The lowest BCUT2D eigenvalue weighted by Crippen LogP contribution is -2.17. The Hall–Kier alpha value is -0.170. The molecule has 2 nitrogen and oxygen atoms in total. The minimum Gasteiger partial charge on any atom is -0.397 e. The first-order chi connectivity index (χ1) is 8.60. The molecule has 2 rings (SSSR count). The maximum absolute atomic E-state index is 13.5. The van der Waals surface area contributed by atoms with Crippen LogP contribution in [-0.2, 0) is 0 Å². The third-order valence-corrected chi connectivity index (χ3v) is 5.30. The van der Waals surface area contributed by atoms with Crippen LogP contribution in [0.25, 0.3) is 0 Å². The number of anilines is 2. The molecule has 0 amide bonds. The molecule has 1 aliphatic rings. The van der Waals surface area contributed by atoms with Gasteiger partial charge in [0, 0.05) is 17.4 Å². The first-order valence-corrected chi connectivity index (χ1v) is 8.35. The van der Waals surface area contributed by atoms with Gasteiger partial charge in [-0.1, -0.05) is 6.92 Å². The molecule has 1 aliphatic carbocycles. The van der Waals surface area contributed by atoms with Gasteiger partial charge in [0.15, 0.2) is 0 Å². The minimum atomic E-state index is -0.204. The maximum atomic E-state index is 13.5. The van der Waals surface area contributed by atoms with Crippen molar-refractivity contribution in [3.8, 4) is 0 Å². The molecule has 0 bridgehead atoms. The SMILES string of the molecule is CCSC1CCC(Nc2cc(F)c(I)cc2N)C1. The first-order valence-electron chi connectivity index (χ1n) is 6.22. The Balaban J connectivity index is 2.00. The van der Waals surface area contributed by atoms with Gasteiger partial charge < -0.3 is 11.1 Å². The molecule has 0 saturated heterocycles. The summed E-state index contributed by atoms with van der Waals surface area (Å²) >= 11 is 3.98. The molecule has 5 heteroatoms. The second-order valence-electron chi connectivity index (χ2n) is 4.59. The van der Waals surface area contributed by atoms with E-state index in [1.165, 1.54) is 12.5 Å². The zero-order valence-corrected chi connectivity index (χ0v) is 13.4. The van der Waals surface area contributed by atoms with E-state index in [9.17, 15) is 4.39 Å². The van der Waals surface area contributed by atoms with Crippen molar-refractivity contribution in [2.45, 2.75) is 37.5 Å². The van der Waals surface area contributed by atoms with Crippen molar-refractivity contribution in [3.05, 3.63) is 21.5 Å². The van der Waals surface area contributed by atoms with E-state index in [1.54, 1.807) is 6.07 Å². The third kappa shape index (κ3) is 3.44. The second-order valence-corrected chi connectivity index (χ2v) is 7.32. The lowest BCUT2D eigenvalue weighted by Gasteiger charge is -2.16. The predicted octanol–water partition coefficient (Wildman–Crippen LogP) is 4.10. The van der Waals surface area contributed by atoms with Crippen molar-refractivity contribution >= 4 is 45.7 Å². The van der Waals surface area contributed by atoms with Crippen LogP contribution in [0.15, 0.2) is 12.1 Å². The topological polar surface area (TPSA) is 38.0 Å². The molecule has 0 aromatic heterocycles. The van der Waals surface area contributed by atoms with Gasteiger partial charge in [0.1, 0.15) is 5.82 Å². The van der Waals surface area contributed by atoms with Crippen LogP contribution < -0.4 is 11.1 Å². The zero-order chi connectivity index (χ0) is 13.1. The van der Waals surface area contributed by atoms with E-state index < -0.39 is 0 Å². The van der Waals surface area contributed by atoms with Crippen molar-refractivity contribution in [3.63, 3.8) is 0 Å². The quantitative estimate of drug-likeness (QED) is 0.610. The van der Waals surface area contributed by atoms with Gasteiger partial charge in [-0.3, -0.25) is 0 Å². The fraction of sp³-hybridized carbons (Fsp3) is 0.538. The Bertz CT molecular complexity index is 428. The van der Waals surface area contributed by atoms with Gasteiger partial charge >= 0.3 is 0 Å². The number of rotatable bonds is 4.